The lowest BCUT2D eigenvalue weighted by Gasteiger charge is -2.44. The number of hydrogen-bond donors (Lipinski definition) is 0. The molecule has 6 nitrogen and oxygen atoms in total. The quantitative estimate of drug-likeness (QED) is 0.715. The fourth-order valence-electron chi connectivity index (χ4n) is 4.58. The molecule has 5 rings (SSSR count). The number of hydrogen-bond acceptors (Lipinski definition) is 6. The highest BCUT2D eigenvalue weighted by Crippen LogP contribution is 2.49. The van der Waals surface area contributed by atoms with E-state index in [1.807, 2.05) is 60.7 Å². The van der Waals surface area contributed by atoms with Gasteiger partial charge in [0.1, 0.15) is 24.4 Å². The van der Waals surface area contributed by atoms with E-state index in [0.29, 0.717) is 26.4 Å². The Morgan fingerprint density at radius 1 is 0.862 bits per heavy atom. The number of rotatable bonds is 7. The third kappa shape index (κ3) is 3.40. The molecule has 29 heavy (non-hydrogen) atoms. The van der Waals surface area contributed by atoms with Gasteiger partial charge in [-0.1, -0.05) is 60.7 Å². The second-order valence-electron chi connectivity index (χ2n) is 7.70. The molecule has 2 aromatic carbocycles. The lowest BCUT2D eigenvalue weighted by molar-refractivity contribution is -0.254. The summed E-state index contributed by atoms with van der Waals surface area (Å²) >= 11 is 0. The number of benzene rings is 2. The first-order chi connectivity index (χ1) is 14.3. The van der Waals surface area contributed by atoms with Gasteiger partial charge in [-0.2, -0.15) is 0 Å². The van der Waals surface area contributed by atoms with Crippen LogP contribution in [0, 0.1) is 0 Å². The SMILES string of the molecule is CO[C@H]1O[C@@H]2[C@H](OCc3ccccc3)CO[C@@H]3CO[C@H]1[C@]23OCc1ccccc1. The predicted octanol–water partition coefficient (Wildman–Crippen LogP) is 2.70. The smallest absolute Gasteiger partial charge is 0.187 e. The maximum absolute atomic E-state index is 6.55. The van der Waals surface area contributed by atoms with Crippen molar-refractivity contribution >= 4 is 0 Å². The monoisotopic (exact) mass is 398 g/mol. The minimum absolute atomic E-state index is 0.210. The molecule has 0 unspecified atom stereocenters. The zero-order valence-electron chi connectivity index (χ0n) is 16.4. The van der Waals surface area contributed by atoms with Crippen LogP contribution in [0.15, 0.2) is 60.7 Å². The molecular weight excluding hydrogens is 372 g/mol. The predicted molar refractivity (Wildman–Crippen MR) is 104 cm³/mol. The average Bonchev–Trinajstić information content (AvgIpc) is 3.32. The van der Waals surface area contributed by atoms with Gasteiger partial charge in [-0.25, -0.2) is 0 Å². The molecule has 6 atom stereocenters. The first-order valence-electron chi connectivity index (χ1n) is 10.1. The molecule has 0 saturated carbocycles. The Bertz CT molecular complexity index is 800. The Kier molecular flexibility index (Phi) is 5.39. The summed E-state index contributed by atoms with van der Waals surface area (Å²) in [6.45, 7) is 1.83. The van der Waals surface area contributed by atoms with E-state index in [4.69, 9.17) is 28.4 Å². The van der Waals surface area contributed by atoms with E-state index in [1.54, 1.807) is 7.11 Å². The number of methoxy groups -OCH3 is 1. The summed E-state index contributed by atoms with van der Waals surface area (Å²) in [5.41, 5.74) is 1.44. The van der Waals surface area contributed by atoms with Gasteiger partial charge < -0.3 is 28.4 Å². The highest BCUT2D eigenvalue weighted by molar-refractivity contribution is 5.19. The Morgan fingerprint density at radius 2 is 1.55 bits per heavy atom. The molecule has 154 valence electrons. The maximum atomic E-state index is 6.55. The van der Waals surface area contributed by atoms with Crippen LogP contribution < -0.4 is 0 Å². The van der Waals surface area contributed by atoms with Crippen molar-refractivity contribution in [3.05, 3.63) is 71.8 Å². The van der Waals surface area contributed by atoms with Crippen LogP contribution in [0.25, 0.3) is 0 Å². The lowest BCUT2D eigenvalue weighted by atomic mass is 9.83. The molecule has 0 amide bonds. The summed E-state index contributed by atoms with van der Waals surface area (Å²) in [5, 5.41) is 0. The van der Waals surface area contributed by atoms with Gasteiger partial charge in [-0.05, 0) is 11.1 Å². The van der Waals surface area contributed by atoms with Crippen molar-refractivity contribution in [2.45, 2.75) is 49.5 Å². The van der Waals surface area contributed by atoms with Crippen molar-refractivity contribution in [3.63, 3.8) is 0 Å². The molecule has 2 aromatic rings. The van der Waals surface area contributed by atoms with Crippen molar-refractivity contribution in [1.29, 1.82) is 0 Å². The molecule has 3 aliphatic heterocycles. The maximum Gasteiger partial charge on any atom is 0.187 e. The van der Waals surface area contributed by atoms with Gasteiger partial charge in [-0.3, -0.25) is 0 Å². The van der Waals surface area contributed by atoms with E-state index in [0.717, 1.165) is 11.1 Å². The van der Waals surface area contributed by atoms with Gasteiger partial charge in [0.15, 0.2) is 11.9 Å². The molecule has 0 N–H and O–H groups in total. The van der Waals surface area contributed by atoms with Gasteiger partial charge in [0.2, 0.25) is 0 Å². The summed E-state index contributed by atoms with van der Waals surface area (Å²) in [6.07, 6.45) is -1.67. The molecule has 0 spiro atoms. The van der Waals surface area contributed by atoms with Gasteiger partial charge in [0.05, 0.1) is 26.4 Å². The largest absolute Gasteiger partial charge is 0.370 e. The highest BCUT2D eigenvalue weighted by Gasteiger charge is 2.71. The van der Waals surface area contributed by atoms with E-state index < -0.39 is 11.9 Å². The molecule has 0 aliphatic carbocycles. The van der Waals surface area contributed by atoms with Crippen LogP contribution in [0.5, 0.6) is 0 Å². The Morgan fingerprint density at radius 3 is 2.24 bits per heavy atom. The summed E-state index contributed by atoms with van der Waals surface area (Å²) in [4.78, 5) is 0. The van der Waals surface area contributed by atoms with Crippen LogP contribution in [-0.2, 0) is 41.6 Å². The molecule has 0 radical (unpaired) electrons. The van der Waals surface area contributed by atoms with E-state index in [2.05, 4.69) is 0 Å². The fourth-order valence-corrected chi connectivity index (χ4v) is 4.58. The van der Waals surface area contributed by atoms with Crippen molar-refractivity contribution in [2.24, 2.45) is 0 Å². The van der Waals surface area contributed by atoms with E-state index in [9.17, 15) is 0 Å². The van der Waals surface area contributed by atoms with Gasteiger partial charge in [0.25, 0.3) is 0 Å². The second kappa shape index (κ2) is 8.14. The number of ether oxygens (including phenoxy) is 6. The zero-order chi connectivity index (χ0) is 19.7. The molecule has 6 heteroatoms. The minimum Gasteiger partial charge on any atom is -0.370 e. The van der Waals surface area contributed by atoms with E-state index in [-0.39, 0.29) is 24.4 Å². The molecule has 0 bridgehead atoms. The van der Waals surface area contributed by atoms with Crippen molar-refractivity contribution < 1.29 is 28.4 Å². The van der Waals surface area contributed by atoms with Crippen LogP contribution in [0.3, 0.4) is 0 Å². The van der Waals surface area contributed by atoms with Crippen LogP contribution >= 0.6 is 0 Å². The molecule has 3 fully saturated rings. The molecule has 3 aliphatic rings. The van der Waals surface area contributed by atoms with Crippen LogP contribution in [0.2, 0.25) is 0 Å². The normalized spacial score (nSPS) is 35.6. The highest BCUT2D eigenvalue weighted by atomic mass is 16.8. The van der Waals surface area contributed by atoms with Crippen LogP contribution in [0.1, 0.15) is 11.1 Å². The van der Waals surface area contributed by atoms with Crippen molar-refractivity contribution in [1.82, 2.24) is 0 Å². The Hall–Kier alpha value is -1.80. The zero-order valence-corrected chi connectivity index (χ0v) is 16.4. The third-order valence-corrected chi connectivity index (χ3v) is 6.02. The summed E-state index contributed by atoms with van der Waals surface area (Å²) in [6, 6.07) is 20.2. The van der Waals surface area contributed by atoms with Crippen molar-refractivity contribution in [2.75, 3.05) is 20.3 Å². The molecule has 3 saturated heterocycles. The molecule has 3 heterocycles. The average molecular weight is 398 g/mol. The third-order valence-electron chi connectivity index (χ3n) is 6.02. The van der Waals surface area contributed by atoms with Crippen LogP contribution in [-0.4, -0.2) is 56.6 Å². The van der Waals surface area contributed by atoms with Gasteiger partial charge in [-0.15, -0.1) is 0 Å². The van der Waals surface area contributed by atoms with Gasteiger partial charge >= 0.3 is 0 Å². The Balaban J connectivity index is 1.38. The molecular formula is C23H26O6. The summed E-state index contributed by atoms with van der Waals surface area (Å²) in [5.74, 6) is 0. The van der Waals surface area contributed by atoms with E-state index in [1.165, 1.54) is 0 Å². The van der Waals surface area contributed by atoms with Crippen LogP contribution in [0.4, 0.5) is 0 Å². The standard InChI is InChI=1S/C23H26O6/c1-24-22-21-23(28-13-17-10-6-3-7-11-17)19(15-27-21)26-14-18(20(23)29-22)25-12-16-8-4-2-5-9-16/h2-11,18-22H,12-15H2,1H3/t18-,19-,20-,21-,22+,23-/m1/s1. The van der Waals surface area contributed by atoms with Crippen molar-refractivity contribution in [3.8, 4) is 0 Å². The Labute approximate surface area is 170 Å². The fraction of sp³-hybridized carbons (Fsp3) is 0.478. The van der Waals surface area contributed by atoms with E-state index >= 15 is 0 Å². The summed E-state index contributed by atoms with van der Waals surface area (Å²) < 4.78 is 36.8. The topological polar surface area (TPSA) is 55.4 Å². The first-order valence-corrected chi connectivity index (χ1v) is 10.1. The minimum atomic E-state index is -0.754. The second-order valence-corrected chi connectivity index (χ2v) is 7.70. The molecule has 0 aromatic heterocycles. The lowest BCUT2D eigenvalue weighted by Crippen LogP contribution is -2.64. The van der Waals surface area contributed by atoms with Gasteiger partial charge in [0, 0.05) is 7.11 Å². The summed E-state index contributed by atoms with van der Waals surface area (Å²) in [7, 11) is 1.63. The first kappa shape index (κ1) is 19.2.